The lowest BCUT2D eigenvalue weighted by Crippen LogP contribution is -2.30. The van der Waals surface area contributed by atoms with Crippen molar-refractivity contribution in [2.45, 2.75) is 24.4 Å². The Balaban J connectivity index is 1.75. The first-order valence-corrected chi connectivity index (χ1v) is 10.1. The molecule has 1 unspecified atom stereocenters. The molecule has 0 bridgehead atoms. The van der Waals surface area contributed by atoms with Crippen LogP contribution in [0.3, 0.4) is 0 Å². The lowest BCUT2D eigenvalue weighted by molar-refractivity contribution is -0.0501. The van der Waals surface area contributed by atoms with Gasteiger partial charge in [-0.25, -0.2) is 18.9 Å². The van der Waals surface area contributed by atoms with E-state index >= 15 is 0 Å². The van der Waals surface area contributed by atoms with Gasteiger partial charge in [-0.1, -0.05) is 0 Å². The van der Waals surface area contributed by atoms with Gasteiger partial charge in [-0.2, -0.15) is 31.7 Å². The smallest absolute Gasteiger partial charge is 0.355 e. The van der Waals surface area contributed by atoms with Crippen molar-refractivity contribution < 1.29 is 35.0 Å². The molecule has 15 heteroatoms. The first-order chi connectivity index (χ1) is 14.6. The zero-order chi connectivity index (χ0) is 22.4. The highest BCUT2D eigenvalue weighted by molar-refractivity contribution is 7.87. The molecule has 0 radical (unpaired) electrons. The van der Waals surface area contributed by atoms with Crippen LogP contribution in [0, 0.1) is 5.82 Å². The molecular formula is C16H12F4N6O4S. The third kappa shape index (κ3) is 3.75. The molecule has 0 amide bonds. The summed E-state index contributed by atoms with van der Waals surface area (Å²) in [5.74, 6) is -1.70. The predicted molar refractivity (Wildman–Crippen MR) is 95.3 cm³/mol. The van der Waals surface area contributed by atoms with E-state index < -0.39 is 33.4 Å². The van der Waals surface area contributed by atoms with E-state index in [1.165, 1.54) is 21.9 Å². The molecule has 31 heavy (non-hydrogen) atoms. The van der Waals surface area contributed by atoms with Crippen molar-refractivity contribution in [2.75, 3.05) is 11.4 Å². The highest BCUT2D eigenvalue weighted by Gasteiger charge is 2.49. The summed E-state index contributed by atoms with van der Waals surface area (Å²) in [4.78, 5) is 24.5. The van der Waals surface area contributed by atoms with E-state index in [1.54, 1.807) is 0 Å². The van der Waals surface area contributed by atoms with Crippen LogP contribution in [-0.4, -0.2) is 51.3 Å². The molecule has 4 rings (SSSR count). The van der Waals surface area contributed by atoms with Crippen molar-refractivity contribution in [3.8, 4) is 5.88 Å². The van der Waals surface area contributed by atoms with Crippen molar-refractivity contribution >= 4 is 28.0 Å². The number of aldehydes is 1. The number of pyridine rings is 1. The molecule has 0 aliphatic carbocycles. The Morgan fingerprint density at radius 1 is 1.23 bits per heavy atom. The van der Waals surface area contributed by atoms with E-state index in [4.69, 9.17) is 0 Å². The van der Waals surface area contributed by atoms with E-state index in [2.05, 4.69) is 24.2 Å². The number of alkyl halides is 3. The van der Waals surface area contributed by atoms with Gasteiger partial charge in [-0.3, -0.25) is 4.79 Å². The Hall–Kier alpha value is -3.36. The number of carbonyl (C=O) groups is 1. The van der Waals surface area contributed by atoms with Crippen molar-refractivity contribution in [3.63, 3.8) is 0 Å². The molecule has 3 aromatic heterocycles. The summed E-state index contributed by atoms with van der Waals surface area (Å²) in [6, 6.07) is 0.0255. The standard InChI is InChI=1S/C16H12F4N6O4S/c17-10-4-11(14(21-6-10)30-31(28,29)16(18,19)20)12-2-1-3-25(12)15-22-8-26-13(24-15)9(7-27)5-23-26/h4-8,12H,1-3H2. The molecule has 1 saturated heterocycles. The van der Waals surface area contributed by atoms with Crippen molar-refractivity contribution in [3.05, 3.63) is 41.7 Å². The second-order valence-corrected chi connectivity index (χ2v) is 8.06. The number of rotatable bonds is 5. The van der Waals surface area contributed by atoms with Gasteiger partial charge in [0.2, 0.25) is 11.8 Å². The number of anilines is 1. The van der Waals surface area contributed by atoms with Crippen LogP contribution in [0.4, 0.5) is 23.5 Å². The minimum absolute atomic E-state index is 0.0903. The molecule has 164 valence electrons. The zero-order valence-electron chi connectivity index (χ0n) is 15.3. The number of carbonyl (C=O) groups excluding carboxylic acids is 1. The molecule has 0 N–H and O–H groups in total. The molecule has 10 nitrogen and oxygen atoms in total. The zero-order valence-corrected chi connectivity index (χ0v) is 16.1. The lowest BCUT2D eigenvalue weighted by Gasteiger charge is -2.26. The maximum Gasteiger partial charge on any atom is 0.534 e. The Labute approximate surface area is 171 Å². The fourth-order valence-electron chi connectivity index (χ4n) is 3.25. The van der Waals surface area contributed by atoms with Crippen LogP contribution in [0.5, 0.6) is 5.88 Å². The minimum atomic E-state index is -6.01. The van der Waals surface area contributed by atoms with E-state index in [1.807, 2.05) is 0 Å². The predicted octanol–water partition coefficient (Wildman–Crippen LogP) is 2.04. The van der Waals surface area contributed by atoms with Crippen molar-refractivity contribution in [1.29, 1.82) is 0 Å². The Morgan fingerprint density at radius 3 is 2.71 bits per heavy atom. The van der Waals surface area contributed by atoms with Gasteiger partial charge in [0.15, 0.2) is 11.9 Å². The topological polar surface area (TPSA) is 120 Å². The molecule has 1 fully saturated rings. The number of hydrogen-bond acceptors (Lipinski definition) is 9. The Kier molecular flexibility index (Phi) is 4.99. The van der Waals surface area contributed by atoms with Crippen LogP contribution in [0.15, 0.2) is 24.8 Å². The van der Waals surface area contributed by atoms with Crippen LogP contribution in [0.2, 0.25) is 0 Å². The summed E-state index contributed by atoms with van der Waals surface area (Å²) in [6.07, 6.45) is 4.49. The second-order valence-electron chi connectivity index (χ2n) is 6.52. The first-order valence-electron chi connectivity index (χ1n) is 8.69. The highest BCUT2D eigenvalue weighted by Crippen LogP contribution is 2.39. The normalized spacial score (nSPS) is 17.3. The van der Waals surface area contributed by atoms with E-state index in [0.717, 1.165) is 6.07 Å². The lowest BCUT2D eigenvalue weighted by atomic mass is 10.1. The van der Waals surface area contributed by atoms with Crippen LogP contribution >= 0.6 is 0 Å². The van der Waals surface area contributed by atoms with Gasteiger partial charge in [-0.05, 0) is 18.9 Å². The fourth-order valence-corrected chi connectivity index (χ4v) is 3.69. The molecule has 0 saturated carbocycles. The largest absolute Gasteiger partial charge is 0.534 e. The van der Waals surface area contributed by atoms with Gasteiger partial charge >= 0.3 is 15.6 Å². The second kappa shape index (κ2) is 7.40. The van der Waals surface area contributed by atoms with Crippen LogP contribution in [0.1, 0.15) is 34.8 Å². The average Bonchev–Trinajstić information content (AvgIpc) is 3.34. The summed E-state index contributed by atoms with van der Waals surface area (Å²) in [6.45, 7) is 0.327. The molecule has 1 aliphatic heterocycles. The van der Waals surface area contributed by atoms with E-state index in [-0.39, 0.29) is 22.7 Å². The first kappa shape index (κ1) is 20.9. The van der Waals surface area contributed by atoms with Crippen LogP contribution < -0.4 is 9.08 Å². The van der Waals surface area contributed by atoms with Gasteiger partial charge in [-0.15, -0.1) is 0 Å². The molecular weight excluding hydrogens is 448 g/mol. The third-order valence-electron chi connectivity index (χ3n) is 4.60. The number of aromatic nitrogens is 5. The molecule has 3 aromatic rings. The summed E-state index contributed by atoms with van der Waals surface area (Å²) in [5, 5.41) is 3.91. The van der Waals surface area contributed by atoms with Gasteiger partial charge < -0.3 is 9.08 Å². The monoisotopic (exact) mass is 460 g/mol. The number of hydrogen-bond donors (Lipinski definition) is 0. The number of halogens is 4. The van der Waals surface area contributed by atoms with Crippen LogP contribution in [-0.2, 0) is 10.1 Å². The molecule has 1 atom stereocenters. The van der Waals surface area contributed by atoms with Gasteiger partial charge in [0, 0.05) is 12.1 Å². The summed E-state index contributed by atoms with van der Waals surface area (Å²) in [5.41, 5.74) is -5.51. The van der Waals surface area contributed by atoms with Gasteiger partial charge in [0.25, 0.3) is 0 Å². The molecule has 4 heterocycles. The van der Waals surface area contributed by atoms with Crippen molar-refractivity contribution in [2.24, 2.45) is 0 Å². The maximum atomic E-state index is 13.9. The summed E-state index contributed by atoms with van der Waals surface area (Å²) >= 11 is 0. The molecule has 0 spiro atoms. The number of fused-ring (bicyclic) bond motifs is 1. The summed E-state index contributed by atoms with van der Waals surface area (Å²) in [7, 11) is -6.01. The quantitative estimate of drug-likeness (QED) is 0.244. The maximum absolute atomic E-state index is 13.9. The SMILES string of the molecule is O=Cc1cnn2cnc(N3CCCC3c3cc(F)cnc3OS(=O)(=O)C(F)(F)F)nc12. The highest BCUT2D eigenvalue weighted by atomic mass is 32.2. The van der Waals surface area contributed by atoms with Gasteiger partial charge in [0.1, 0.15) is 12.1 Å². The van der Waals surface area contributed by atoms with Crippen LogP contribution in [0.25, 0.3) is 5.65 Å². The van der Waals surface area contributed by atoms with Gasteiger partial charge in [0.05, 0.1) is 24.0 Å². The fraction of sp³-hybridized carbons (Fsp3) is 0.312. The van der Waals surface area contributed by atoms with E-state index in [9.17, 15) is 30.8 Å². The number of nitrogens with zero attached hydrogens (tertiary/aromatic N) is 6. The molecule has 1 aliphatic rings. The third-order valence-corrected chi connectivity index (χ3v) is 5.54. The Morgan fingerprint density at radius 2 is 2.00 bits per heavy atom. The summed E-state index contributed by atoms with van der Waals surface area (Å²) < 4.78 is 80.5. The average molecular weight is 460 g/mol. The Bertz CT molecular complexity index is 1260. The van der Waals surface area contributed by atoms with Crippen molar-refractivity contribution in [1.82, 2.24) is 24.6 Å². The minimum Gasteiger partial charge on any atom is -0.355 e. The van der Waals surface area contributed by atoms with E-state index in [0.29, 0.717) is 31.9 Å². The molecule has 0 aromatic carbocycles.